The molecule has 1 amide bonds. The molecule has 0 unspecified atom stereocenters. The standard InChI is InChI=1S/C20H27NO3/c1-11(22)21-18-9-13(23)7-12-3-4-15-16(19(12)18)5-6-20(2)10-14(24)8-17(15)20/h7,9,14-17,23-24H,3-6,8,10H2,1-2H3,(H,21,22)/t14-,15-,16+,17+,20-/m1/s1. The zero-order chi connectivity index (χ0) is 17.1. The number of anilines is 1. The Kier molecular flexibility index (Phi) is 3.64. The number of aromatic hydroxyl groups is 1. The Hall–Kier alpha value is -1.55. The number of benzene rings is 1. The summed E-state index contributed by atoms with van der Waals surface area (Å²) in [6.07, 6.45) is 6.00. The summed E-state index contributed by atoms with van der Waals surface area (Å²) in [6, 6.07) is 3.56. The average molecular weight is 329 g/mol. The summed E-state index contributed by atoms with van der Waals surface area (Å²) >= 11 is 0. The van der Waals surface area contributed by atoms with Crippen molar-refractivity contribution in [2.45, 2.75) is 64.4 Å². The maximum absolute atomic E-state index is 11.6. The highest BCUT2D eigenvalue weighted by atomic mass is 16.3. The highest BCUT2D eigenvalue weighted by Crippen LogP contribution is 2.61. The van der Waals surface area contributed by atoms with Crippen LogP contribution in [0.4, 0.5) is 5.69 Å². The van der Waals surface area contributed by atoms with E-state index in [0.29, 0.717) is 17.8 Å². The van der Waals surface area contributed by atoms with Crippen LogP contribution in [-0.2, 0) is 11.2 Å². The van der Waals surface area contributed by atoms with Crippen molar-refractivity contribution in [3.63, 3.8) is 0 Å². The van der Waals surface area contributed by atoms with Crippen molar-refractivity contribution in [3.8, 4) is 5.75 Å². The first-order valence-corrected chi connectivity index (χ1v) is 9.19. The van der Waals surface area contributed by atoms with E-state index in [2.05, 4.69) is 12.2 Å². The third-order valence-corrected chi connectivity index (χ3v) is 6.86. The van der Waals surface area contributed by atoms with Gasteiger partial charge < -0.3 is 15.5 Å². The van der Waals surface area contributed by atoms with E-state index < -0.39 is 0 Å². The quantitative estimate of drug-likeness (QED) is 0.738. The van der Waals surface area contributed by atoms with Crippen molar-refractivity contribution in [2.24, 2.45) is 17.3 Å². The number of nitrogens with one attached hydrogen (secondary N) is 1. The Morgan fingerprint density at radius 3 is 2.88 bits per heavy atom. The highest BCUT2D eigenvalue weighted by Gasteiger charge is 2.53. The molecule has 0 radical (unpaired) electrons. The van der Waals surface area contributed by atoms with E-state index in [4.69, 9.17) is 0 Å². The predicted octanol–water partition coefficient (Wildman–Crippen LogP) is 3.57. The van der Waals surface area contributed by atoms with Crippen molar-refractivity contribution in [1.29, 1.82) is 0 Å². The van der Waals surface area contributed by atoms with Gasteiger partial charge in [-0.15, -0.1) is 0 Å². The summed E-state index contributed by atoms with van der Waals surface area (Å²) < 4.78 is 0. The normalized spacial score (nSPS) is 37.3. The Bertz CT molecular complexity index is 686. The van der Waals surface area contributed by atoms with E-state index in [-0.39, 0.29) is 23.2 Å². The zero-order valence-electron chi connectivity index (χ0n) is 14.5. The summed E-state index contributed by atoms with van der Waals surface area (Å²) in [4.78, 5) is 11.6. The van der Waals surface area contributed by atoms with Crippen LogP contribution >= 0.6 is 0 Å². The van der Waals surface area contributed by atoms with Crippen LogP contribution in [0.5, 0.6) is 5.75 Å². The molecule has 1 aromatic carbocycles. The predicted molar refractivity (Wildman–Crippen MR) is 93.0 cm³/mol. The van der Waals surface area contributed by atoms with Gasteiger partial charge in [0.15, 0.2) is 0 Å². The first-order valence-electron chi connectivity index (χ1n) is 9.19. The number of hydrogen-bond acceptors (Lipinski definition) is 3. The fraction of sp³-hybridized carbons (Fsp3) is 0.650. The number of amides is 1. The lowest BCUT2D eigenvalue weighted by molar-refractivity contribution is -0.114. The van der Waals surface area contributed by atoms with Crippen molar-refractivity contribution in [2.75, 3.05) is 5.32 Å². The molecular weight excluding hydrogens is 302 g/mol. The molecule has 0 aliphatic heterocycles. The smallest absolute Gasteiger partial charge is 0.221 e. The molecule has 24 heavy (non-hydrogen) atoms. The van der Waals surface area contributed by atoms with E-state index >= 15 is 0 Å². The SMILES string of the molecule is CC(=O)Nc1cc(O)cc2c1[C@H]1CC[C@]3(C)C[C@H](O)C[C@H]3[C@@H]1CC2. The minimum atomic E-state index is -0.158. The Labute approximate surface area is 143 Å². The molecule has 0 spiro atoms. The van der Waals surface area contributed by atoms with Gasteiger partial charge in [0, 0.05) is 18.7 Å². The van der Waals surface area contributed by atoms with E-state index in [1.165, 1.54) is 18.1 Å². The average Bonchev–Trinajstić information content (AvgIpc) is 2.80. The van der Waals surface area contributed by atoms with E-state index in [1.807, 2.05) is 6.07 Å². The van der Waals surface area contributed by atoms with Crippen LogP contribution in [-0.4, -0.2) is 22.2 Å². The third-order valence-electron chi connectivity index (χ3n) is 6.86. The highest BCUT2D eigenvalue weighted by molar-refractivity contribution is 5.90. The molecule has 4 heteroatoms. The van der Waals surface area contributed by atoms with Crippen LogP contribution in [0.2, 0.25) is 0 Å². The number of aliphatic hydroxyl groups is 1. The molecule has 2 fully saturated rings. The minimum absolute atomic E-state index is 0.0955. The number of carbonyl (C=O) groups excluding carboxylic acids is 1. The third kappa shape index (κ3) is 2.43. The number of carbonyl (C=O) groups is 1. The Morgan fingerprint density at radius 2 is 2.12 bits per heavy atom. The number of phenols is 1. The van der Waals surface area contributed by atoms with Crippen molar-refractivity contribution < 1.29 is 15.0 Å². The van der Waals surface area contributed by atoms with Gasteiger partial charge in [-0.25, -0.2) is 0 Å². The minimum Gasteiger partial charge on any atom is -0.508 e. The van der Waals surface area contributed by atoms with Crippen LogP contribution in [0.15, 0.2) is 12.1 Å². The van der Waals surface area contributed by atoms with Gasteiger partial charge in [-0.05, 0) is 78.9 Å². The molecule has 4 rings (SSSR count). The first-order chi connectivity index (χ1) is 11.4. The Morgan fingerprint density at radius 1 is 1.33 bits per heavy atom. The molecule has 3 N–H and O–H groups in total. The fourth-order valence-corrected chi connectivity index (χ4v) is 6.03. The van der Waals surface area contributed by atoms with Crippen molar-refractivity contribution in [3.05, 3.63) is 23.3 Å². The number of aliphatic hydroxyl groups excluding tert-OH is 1. The molecule has 5 atom stereocenters. The molecule has 0 heterocycles. The van der Waals surface area contributed by atoms with Gasteiger partial charge in [-0.3, -0.25) is 4.79 Å². The van der Waals surface area contributed by atoms with Gasteiger partial charge in [0.1, 0.15) is 5.75 Å². The number of phenolic OH excluding ortho intramolecular Hbond substituents is 1. The zero-order valence-corrected chi connectivity index (χ0v) is 14.5. The van der Waals surface area contributed by atoms with E-state index in [1.54, 1.807) is 6.07 Å². The lowest BCUT2D eigenvalue weighted by atomic mass is 9.55. The lowest BCUT2D eigenvalue weighted by Gasteiger charge is -2.49. The summed E-state index contributed by atoms with van der Waals surface area (Å²) in [5, 5.41) is 23.2. The van der Waals surface area contributed by atoms with Gasteiger partial charge >= 0.3 is 0 Å². The largest absolute Gasteiger partial charge is 0.508 e. The Balaban J connectivity index is 1.75. The summed E-state index contributed by atoms with van der Waals surface area (Å²) in [5.74, 6) is 1.71. The molecule has 1 aromatic rings. The molecule has 2 saturated carbocycles. The topological polar surface area (TPSA) is 69.6 Å². The number of aryl methyl sites for hydroxylation is 1. The second-order valence-electron chi connectivity index (χ2n) is 8.45. The first kappa shape index (κ1) is 15.9. The fourth-order valence-electron chi connectivity index (χ4n) is 6.03. The van der Waals surface area contributed by atoms with Crippen molar-refractivity contribution in [1.82, 2.24) is 0 Å². The van der Waals surface area contributed by atoms with Gasteiger partial charge in [0.2, 0.25) is 5.91 Å². The van der Waals surface area contributed by atoms with Crippen LogP contribution in [0.1, 0.15) is 63.0 Å². The maximum atomic E-state index is 11.6. The second-order valence-corrected chi connectivity index (χ2v) is 8.45. The molecule has 130 valence electrons. The van der Waals surface area contributed by atoms with Gasteiger partial charge in [0.05, 0.1) is 6.10 Å². The summed E-state index contributed by atoms with van der Waals surface area (Å²) in [5.41, 5.74) is 3.47. The second kappa shape index (κ2) is 5.48. The summed E-state index contributed by atoms with van der Waals surface area (Å²) in [7, 11) is 0. The van der Waals surface area contributed by atoms with Crippen LogP contribution in [0.3, 0.4) is 0 Å². The van der Waals surface area contributed by atoms with Crippen LogP contribution < -0.4 is 5.32 Å². The van der Waals surface area contributed by atoms with E-state index in [0.717, 1.165) is 44.2 Å². The lowest BCUT2D eigenvalue weighted by Crippen LogP contribution is -2.39. The molecule has 0 aromatic heterocycles. The number of rotatable bonds is 1. The number of fused-ring (bicyclic) bond motifs is 5. The number of hydrogen-bond donors (Lipinski definition) is 3. The van der Waals surface area contributed by atoms with Gasteiger partial charge in [0.25, 0.3) is 0 Å². The van der Waals surface area contributed by atoms with Gasteiger partial charge in [-0.1, -0.05) is 6.92 Å². The summed E-state index contributed by atoms with van der Waals surface area (Å²) in [6.45, 7) is 3.87. The molecule has 4 nitrogen and oxygen atoms in total. The van der Waals surface area contributed by atoms with E-state index in [9.17, 15) is 15.0 Å². The van der Waals surface area contributed by atoms with Crippen molar-refractivity contribution >= 4 is 11.6 Å². The molecule has 0 bridgehead atoms. The van der Waals surface area contributed by atoms with Gasteiger partial charge in [-0.2, -0.15) is 0 Å². The van der Waals surface area contributed by atoms with Crippen LogP contribution in [0, 0.1) is 17.3 Å². The van der Waals surface area contributed by atoms with Crippen LogP contribution in [0.25, 0.3) is 0 Å². The molecule has 3 aliphatic carbocycles. The molecule has 0 saturated heterocycles. The molecule has 3 aliphatic rings. The monoisotopic (exact) mass is 329 g/mol. The maximum Gasteiger partial charge on any atom is 0.221 e. The molecular formula is C20H27NO3.